The van der Waals surface area contributed by atoms with Crippen LogP contribution in [0.1, 0.15) is 11.3 Å². The Morgan fingerprint density at radius 3 is 2.45 bits per heavy atom. The number of aromatic nitrogens is 4. The van der Waals surface area contributed by atoms with Crippen molar-refractivity contribution in [1.82, 2.24) is 19.4 Å². The molecule has 3 aromatic heterocycles. The molecule has 4 rings (SSSR count). The number of hydrogen-bond donors (Lipinski definition) is 0. The number of ether oxygens (including phenoxy) is 1. The fourth-order valence-electron chi connectivity index (χ4n) is 2.74. The third-order valence-corrected chi connectivity index (χ3v) is 4.03. The van der Waals surface area contributed by atoms with Crippen molar-refractivity contribution in [2.24, 2.45) is 0 Å². The molecule has 29 heavy (non-hydrogen) atoms. The summed E-state index contributed by atoms with van der Waals surface area (Å²) in [6.45, 7) is 0.00166. The third-order valence-electron chi connectivity index (χ3n) is 4.03. The molecule has 0 aliphatic heterocycles. The molecule has 0 bridgehead atoms. The second-order valence-electron chi connectivity index (χ2n) is 6.07. The summed E-state index contributed by atoms with van der Waals surface area (Å²) in [7, 11) is 0. The summed E-state index contributed by atoms with van der Waals surface area (Å²) < 4.78 is 72.8. The van der Waals surface area contributed by atoms with Gasteiger partial charge < -0.3 is 4.74 Å². The Hall–Kier alpha value is -3.56. The second-order valence-corrected chi connectivity index (χ2v) is 6.07. The molecular weight excluding hydrogens is 395 g/mol. The van der Waals surface area contributed by atoms with Crippen LogP contribution in [0, 0.1) is 11.6 Å². The van der Waals surface area contributed by atoms with Crippen molar-refractivity contribution in [2.75, 3.05) is 0 Å². The van der Waals surface area contributed by atoms with Gasteiger partial charge in [0.25, 0.3) is 0 Å². The van der Waals surface area contributed by atoms with E-state index < -0.39 is 23.4 Å². The van der Waals surface area contributed by atoms with Crippen LogP contribution in [0.5, 0.6) is 5.88 Å². The molecule has 0 fully saturated rings. The second kappa shape index (κ2) is 7.12. The predicted molar refractivity (Wildman–Crippen MR) is 91.9 cm³/mol. The van der Waals surface area contributed by atoms with Crippen molar-refractivity contribution in [3.8, 4) is 17.0 Å². The fourth-order valence-corrected chi connectivity index (χ4v) is 2.74. The Morgan fingerprint density at radius 2 is 1.72 bits per heavy atom. The number of fused-ring (bicyclic) bond motifs is 1. The highest BCUT2D eigenvalue weighted by Gasteiger charge is 2.34. The maximum Gasteiger partial charge on any atom is 0.417 e. The molecular formula is C19H11F5N4O. The molecule has 10 heteroatoms. The smallest absolute Gasteiger partial charge is 0.417 e. The Kier molecular flexibility index (Phi) is 4.61. The summed E-state index contributed by atoms with van der Waals surface area (Å²) in [6, 6.07) is 5.01. The Bertz CT molecular complexity index is 1170. The molecule has 0 aliphatic carbocycles. The third kappa shape index (κ3) is 4.00. The van der Waals surface area contributed by atoms with Crippen LogP contribution < -0.4 is 4.74 Å². The first-order valence-electron chi connectivity index (χ1n) is 8.25. The summed E-state index contributed by atoms with van der Waals surface area (Å²) in [5, 5.41) is 0. The molecule has 3 heterocycles. The van der Waals surface area contributed by atoms with Crippen LogP contribution in [0.4, 0.5) is 22.0 Å². The molecule has 0 aliphatic rings. The number of benzene rings is 1. The number of imidazole rings is 1. The van der Waals surface area contributed by atoms with Gasteiger partial charge in [-0.2, -0.15) is 13.2 Å². The summed E-state index contributed by atoms with van der Waals surface area (Å²) >= 11 is 0. The largest absolute Gasteiger partial charge is 0.471 e. The Labute approximate surface area is 160 Å². The minimum Gasteiger partial charge on any atom is -0.471 e. The van der Waals surface area contributed by atoms with Crippen LogP contribution in [0.15, 0.2) is 55.1 Å². The monoisotopic (exact) mass is 406 g/mol. The lowest BCUT2D eigenvalue weighted by Gasteiger charge is -2.13. The zero-order valence-corrected chi connectivity index (χ0v) is 14.5. The molecule has 148 valence electrons. The van der Waals surface area contributed by atoms with Crippen LogP contribution in [-0.4, -0.2) is 19.4 Å². The van der Waals surface area contributed by atoms with E-state index in [0.29, 0.717) is 11.8 Å². The SMILES string of the molecule is Fc1ccc(OCc2cn3cc(-c4ccc(F)cc4C(F)(F)F)cnc3n2)nc1. The average molecular weight is 406 g/mol. The van der Waals surface area contributed by atoms with Crippen molar-refractivity contribution in [2.45, 2.75) is 12.8 Å². The van der Waals surface area contributed by atoms with E-state index in [1.807, 2.05) is 0 Å². The van der Waals surface area contributed by atoms with Gasteiger partial charge in [-0.1, -0.05) is 6.07 Å². The van der Waals surface area contributed by atoms with Gasteiger partial charge in [0.2, 0.25) is 11.7 Å². The molecule has 0 saturated heterocycles. The molecule has 0 unspecified atom stereocenters. The lowest BCUT2D eigenvalue weighted by Crippen LogP contribution is -2.08. The molecule has 0 radical (unpaired) electrons. The number of halogens is 5. The Morgan fingerprint density at radius 1 is 0.931 bits per heavy atom. The fraction of sp³-hybridized carbons (Fsp3) is 0.105. The van der Waals surface area contributed by atoms with Gasteiger partial charge in [-0.3, -0.25) is 4.40 Å². The van der Waals surface area contributed by atoms with Gasteiger partial charge >= 0.3 is 6.18 Å². The van der Waals surface area contributed by atoms with E-state index in [1.54, 1.807) is 0 Å². The van der Waals surface area contributed by atoms with Crippen molar-refractivity contribution in [3.63, 3.8) is 0 Å². The summed E-state index contributed by atoms with van der Waals surface area (Å²) in [6.07, 6.45) is 0.469. The quantitative estimate of drug-likeness (QED) is 0.463. The van der Waals surface area contributed by atoms with Gasteiger partial charge in [0, 0.05) is 30.2 Å². The van der Waals surface area contributed by atoms with Crippen LogP contribution >= 0.6 is 0 Å². The van der Waals surface area contributed by atoms with Crippen LogP contribution in [0.2, 0.25) is 0 Å². The van der Waals surface area contributed by atoms with Crippen molar-refractivity contribution < 1.29 is 26.7 Å². The maximum absolute atomic E-state index is 13.3. The predicted octanol–water partition coefficient (Wildman–Crippen LogP) is 4.67. The number of alkyl halides is 3. The molecule has 0 N–H and O–H groups in total. The van der Waals surface area contributed by atoms with E-state index in [2.05, 4.69) is 15.0 Å². The summed E-state index contributed by atoms with van der Waals surface area (Å²) in [4.78, 5) is 12.0. The van der Waals surface area contributed by atoms with Crippen molar-refractivity contribution in [1.29, 1.82) is 0 Å². The number of nitrogens with zero attached hydrogens (tertiary/aromatic N) is 4. The molecule has 0 atom stereocenters. The summed E-state index contributed by atoms with van der Waals surface area (Å²) in [5.41, 5.74) is -0.703. The minimum absolute atomic E-state index is 0.00166. The molecule has 4 aromatic rings. The summed E-state index contributed by atoms with van der Waals surface area (Å²) in [5.74, 6) is -1.04. The van der Waals surface area contributed by atoms with Crippen molar-refractivity contribution >= 4 is 5.78 Å². The van der Waals surface area contributed by atoms with Gasteiger partial charge in [0.05, 0.1) is 17.5 Å². The number of pyridine rings is 1. The molecule has 0 spiro atoms. The van der Waals surface area contributed by atoms with E-state index in [4.69, 9.17) is 4.74 Å². The van der Waals surface area contributed by atoms with Crippen LogP contribution in [-0.2, 0) is 12.8 Å². The van der Waals surface area contributed by atoms with Crippen LogP contribution in [0.3, 0.4) is 0 Å². The highest BCUT2D eigenvalue weighted by atomic mass is 19.4. The molecule has 0 saturated carbocycles. The first kappa shape index (κ1) is 18.8. The molecule has 1 aromatic carbocycles. The van der Waals surface area contributed by atoms with E-state index in [1.165, 1.54) is 35.1 Å². The van der Waals surface area contributed by atoms with E-state index in [0.717, 1.165) is 18.3 Å². The normalized spacial score (nSPS) is 11.8. The van der Waals surface area contributed by atoms with Crippen LogP contribution in [0.25, 0.3) is 16.9 Å². The maximum atomic E-state index is 13.3. The van der Waals surface area contributed by atoms with Gasteiger partial charge in [0.15, 0.2) is 0 Å². The lowest BCUT2D eigenvalue weighted by atomic mass is 10.0. The first-order valence-corrected chi connectivity index (χ1v) is 8.25. The standard InChI is InChI=1S/C19H11F5N4O/c20-12-1-3-15(16(5-12)19(22,23)24)11-6-26-18-27-14(9-28(18)8-11)10-29-17-4-2-13(21)7-25-17/h1-9H,10H2. The molecule has 5 nitrogen and oxygen atoms in total. The van der Waals surface area contributed by atoms with Gasteiger partial charge in [0.1, 0.15) is 18.2 Å². The highest BCUT2D eigenvalue weighted by Crippen LogP contribution is 2.37. The minimum atomic E-state index is -4.72. The zero-order valence-electron chi connectivity index (χ0n) is 14.5. The number of rotatable bonds is 4. The average Bonchev–Trinajstić information content (AvgIpc) is 3.09. The first-order chi connectivity index (χ1) is 13.8. The van der Waals surface area contributed by atoms with Gasteiger partial charge in [-0.25, -0.2) is 23.7 Å². The van der Waals surface area contributed by atoms with Crippen molar-refractivity contribution in [3.05, 3.63) is 78.0 Å². The van der Waals surface area contributed by atoms with E-state index in [-0.39, 0.29) is 29.4 Å². The highest BCUT2D eigenvalue weighted by molar-refractivity contribution is 5.67. The number of hydrogen-bond acceptors (Lipinski definition) is 4. The zero-order chi connectivity index (χ0) is 20.6. The van der Waals surface area contributed by atoms with Gasteiger partial charge in [-0.05, 0) is 23.8 Å². The topological polar surface area (TPSA) is 52.3 Å². The van der Waals surface area contributed by atoms with E-state index in [9.17, 15) is 22.0 Å². The molecule has 0 amide bonds. The van der Waals surface area contributed by atoms with Gasteiger partial charge in [-0.15, -0.1) is 0 Å². The Balaban J connectivity index is 1.63. The van der Waals surface area contributed by atoms with E-state index >= 15 is 0 Å². The lowest BCUT2D eigenvalue weighted by molar-refractivity contribution is -0.137.